The summed E-state index contributed by atoms with van der Waals surface area (Å²) in [5.74, 6) is 0.0237. The van der Waals surface area contributed by atoms with Crippen LogP contribution < -0.4 is 4.74 Å². The van der Waals surface area contributed by atoms with Crippen LogP contribution in [-0.2, 0) is 14.6 Å². The van der Waals surface area contributed by atoms with Crippen LogP contribution >= 0.6 is 11.6 Å². The summed E-state index contributed by atoms with van der Waals surface area (Å²) in [4.78, 5) is 13.4. The highest BCUT2D eigenvalue weighted by molar-refractivity contribution is 7.92. The van der Waals surface area contributed by atoms with Crippen molar-refractivity contribution in [2.45, 2.75) is 32.6 Å². The SMILES string of the molecule is CCCCCS(=O)(=O)CC(=O)N(C)CCCOc1ccc(Cl)cc1. The summed E-state index contributed by atoms with van der Waals surface area (Å²) in [7, 11) is -1.69. The van der Waals surface area contributed by atoms with E-state index in [0.717, 1.165) is 12.8 Å². The number of hydrogen-bond donors (Lipinski definition) is 0. The van der Waals surface area contributed by atoms with Gasteiger partial charge in [-0.05, 0) is 37.1 Å². The fraction of sp³-hybridized carbons (Fsp3) is 0.588. The van der Waals surface area contributed by atoms with Gasteiger partial charge in [0.2, 0.25) is 5.91 Å². The van der Waals surface area contributed by atoms with Crippen LogP contribution in [-0.4, -0.2) is 50.9 Å². The van der Waals surface area contributed by atoms with E-state index in [2.05, 4.69) is 0 Å². The summed E-state index contributed by atoms with van der Waals surface area (Å²) < 4.78 is 29.3. The van der Waals surface area contributed by atoms with Gasteiger partial charge in [0.05, 0.1) is 12.4 Å². The predicted octanol–water partition coefficient (Wildman–Crippen LogP) is 3.17. The largest absolute Gasteiger partial charge is 0.494 e. The van der Waals surface area contributed by atoms with Gasteiger partial charge >= 0.3 is 0 Å². The van der Waals surface area contributed by atoms with Crippen LogP contribution in [0.5, 0.6) is 5.75 Å². The number of sulfone groups is 1. The molecule has 5 nitrogen and oxygen atoms in total. The molecule has 0 spiro atoms. The molecule has 7 heteroatoms. The number of ether oxygens (including phenoxy) is 1. The minimum absolute atomic E-state index is 0.0834. The monoisotopic (exact) mass is 375 g/mol. The van der Waals surface area contributed by atoms with Crippen molar-refractivity contribution < 1.29 is 17.9 Å². The quantitative estimate of drug-likeness (QED) is 0.557. The molecular formula is C17H26ClNO4S. The first-order valence-corrected chi connectivity index (χ1v) is 10.4. The number of hydrogen-bond acceptors (Lipinski definition) is 4. The molecule has 0 atom stereocenters. The van der Waals surface area contributed by atoms with Crippen molar-refractivity contribution >= 4 is 27.3 Å². The van der Waals surface area contributed by atoms with Gasteiger partial charge in [0, 0.05) is 18.6 Å². The number of nitrogens with zero attached hydrogens (tertiary/aromatic N) is 1. The Morgan fingerprint density at radius 2 is 1.83 bits per heavy atom. The van der Waals surface area contributed by atoms with Gasteiger partial charge in [0.25, 0.3) is 0 Å². The van der Waals surface area contributed by atoms with Gasteiger partial charge < -0.3 is 9.64 Å². The first kappa shape index (κ1) is 20.8. The number of rotatable bonds is 11. The Balaban J connectivity index is 2.27. The van der Waals surface area contributed by atoms with Gasteiger partial charge in [-0.2, -0.15) is 0 Å². The van der Waals surface area contributed by atoms with Crippen molar-refractivity contribution in [2.75, 3.05) is 31.7 Å². The third kappa shape index (κ3) is 8.55. The van der Waals surface area contributed by atoms with Crippen LogP contribution in [0.1, 0.15) is 32.6 Å². The van der Waals surface area contributed by atoms with Gasteiger partial charge in [-0.15, -0.1) is 0 Å². The second-order valence-electron chi connectivity index (χ2n) is 5.77. The normalized spacial score (nSPS) is 11.3. The second-order valence-corrected chi connectivity index (χ2v) is 8.39. The predicted molar refractivity (Wildman–Crippen MR) is 97.4 cm³/mol. The van der Waals surface area contributed by atoms with E-state index in [1.165, 1.54) is 4.90 Å². The van der Waals surface area contributed by atoms with Crippen LogP contribution in [0.3, 0.4) is 0 Å². The van der Waals surface area contributed by atoms with Crippen molar-refractivity contribution in [3.05, 3.63) is 29.3 Å². The van der Waals surface area contributed by atoms with E-state index >= 15 is 0 Å². The van der Waals surface area contributed by atoms with Crippen molar-refractivity contribution in [3.63, 3.8) is 0 Å². The van der Waals surface area contributed by atoms with Crippen LogP contribution in [0.15, 0.2) is 24.3 Å². The lowest BCUT2D eigenvalue weighted by Gasteiger charge is -2.17. The highest BCUT2D eigenvalue weighted by atomic mass is 35.5. The minimum atomic E-state index is -3.31. The van der Waals surface area contributed by atoms with Gasteiger partial charge in [-0.3, -0.25) is 4.79 Å². The van der Waals surface area contributed by atoms with E-state index in [-0.39, 0.29) is 11.7 Å². The summed E-state index contributed by atoms with van der Waals surface area (Å²) in [5, 5.41) is 0.646. The van der Waals surface area contributed by atoms with E-state index in [9.17, 15) is 13.2 Å². The first-order chi connectivity index (χ1) is 11.3. The molecule has 1 aromatic carbocycles. The minimum Gasteiger partial charge on any atom is -0.494 e. The molecule has 0 unspecified atom stereocenters. The molecule has 0 bridgehead atoms. The molecule has 1 amide bonds. The lowest BCUT2D eigenvalue weighted by atomic mass is 10.3. The highest BCUT2D eigenvalue weighted by Crippen LogP contribution is 2.15. The van der Waals surface area contributed by atoms with E-state index < -0.39 is 15.6 Å². The zero-order chi connectivity index (χ0) is 18.0. The number of benzene rings is 1. The van der Waals surface area contributed by atoms with Crippen molar-refractivity contribution in [1.82, 2.24) is 4.90 Å². The molecule has 0 aromatic heterocycles. The second kappa shape index (κ2) is 10.6. The first-order valence-electron chi connectivity index (χ1n) is 8.17. The fourth-order valence-electron chi connectivity index (χ4n) is 2.09. The highest BCUT2D eigenvalue weighted by Gasteiger charge is 2.19. The Morgan fingerprint density at radius 1 is 1.17 bits per heavy atom. The summed E-state index contributed by atoms with van der Waals surface area (Å²) in [6.45, 7) is 2.91. The Morgan fingerprint density at radius 3 is 2.46 bits per heavy atom. The van der Waals surface area contributed by atoms with Gasteiger partial charge in [0.1, 0.15) is 11.5 Å². The van der Waals surface area contributed by atoms with E-state index in [1.54, 1.807) is 31.3 Å². The molecule has 0 aliphatic carbocycles. The number of carbonyl (C=O) groups is 1. The molecular weight excluding hydrogens is 350 g/mol. The van der Waals surface area contributed by atoms with E-state index in [1.807, 2.05) is 6.92 Å². The molecule has 0 aliphatic rings. The molecule has 0 heterocycles. The molecule has 1 aromatic rings. The standard InChI is InChI=1S/C17H26ClNO4S/c1-3-4-5-13-24(21,22)14-17(20)19(2)11-6-12-23-16-9-7-15(18)8-10-16/h7-10H,3-6,11-14H2,1-2H3. The van der Waals surface area contributed by atoms with E-state index in [4.69, 9.17) is 16.3 Å². The van der Waals surface area contributed by atoms with Crippen LogP contribution in [0.25, 0.3) is 0 Å². The number of halogens is 1. The van der Waals surface area contributed by atoms with E-state index in [0.29, 0.717) is 36.8 Å². The van der Waals surface area contributed by atoms with Crippen LogP contribution in [0.2, 0.25) is 5.02 Å². The van der Waals surface area contributed by atoms with Gasteiger partial charge in [0.15, 0.2) is 9.84 Å². The maximum Gasteiger partial charge on any atom is 0.237 e. The smallest absolute Gasteiger partial charge is 0.237 e. The number of carbonyl (C=O) groups excluding carboxylic acids is 1. The van der Waals surface area contributed by atoms with Gasteiger partial charge in [-0.25, -0.2) is 8.42 Å². The molecule has 136 valence electrons. The van der Waals surface area contributed by atoms with Crippen molar-refractivity contribution in [1.29, 1.82) is 0 Å². The average molecular weight is 376 g/mol. The summed E-state index contributed by atoms with van der Waals surface area (Å²) in [6, 6.07) is 7.05. The Kier molecular flexibility index (Phi) is 9.14. The molecule has 0 fully saturated rings. The molecule has 0 radical (unpaired) electrons. The van der Waals surface area contributed by atoms with Crippen LogP contribution in [0.4, 0.5) is 0 Å². The Bertz CT molecular complexity index is 602. The fourth-order valence-corrected chi connectivity index (χ4v) is 3.60. The maximum atomic E-state index is 12.0. The lowest BCUT2D eigenvalue weighted by molar-refractivity contribution is -0.127. The number of amides is 1. The summed E-state index contributed by atoms with van der Waals surface area (Å²) in [6.07, 6.45) is 3.06. The molecule has 0 saturated heterocycles. The summed E-state index contributed by atoms with van der Waals surface area (Å²) >= 11 is 5.79. The lowest BCUT2D eigenvalue weighted by Crippen LogP contribution is -2.34. The van der Waals surface area contributed by atoms with Crippen molar-refractivity contribution in [2.24, 2.45) is 0 Å². The number of unbranched alkanes of at least 4 members (excludes halogenated alkanes) is 2. The molecule has 0 aliphatic heterocycles. The average Bonchev–Trinajstić information content (AvgIpc) is 2.52. The topological polar surface area (TPSA) is 63.7 Å². The van der Waals surface area contributed by atoms with Crippen molar-refractivity contribution in [3.8, 4) is 5.75 Å². The zero-order valence-electron chi connectivity index (χ0n) is 14.3. The molecule has 0 saturated carbocycles. The molecule has 1 rings (SSSR count). The van der Waals surface area contributed by atoms with Crippen LogP contribution in [0, 0.1) is 0 Å². The Labute approximate surface area is 149 Å². The third-order valence-corrected chi connectivity index (χ3v) is 5.40. The molecule has 24 heavy (non-hydrogen) atoms. The maximum absolute atomic E-state index is 12.0. The Hall–Kier alpha value is -1.27. The summed E-state index contributed by atoms with van der Waals surface area (Å²) in [5.41, 5.74) is 0. The zero-order valence-corrected chi connectivity index (χ0v) is 15.9. The molecule has 0 N–H and O–H groups in total. The third-order valence-electron chi connectivity index (χ3n) is 3.55. The van der Waals surface area contributed by atoms with Gasteiger partial charge in [-0.1, -0.05) is 31.4 Å².